The number of halogens is 1. The van der Waals surface area contributed by atoms with Crippen LogP contribution in [0.5, 0.6) is 5.75 Å². The van der Waals surface area contributed by atoms with E-state index in [9.17, 15) is 0 Å². The Kier molecular flexibility index (Phi) is 7.06. The van der Waals surface area contributed by atoms with Crippen LogP contribution in [-0.4, -0.2) is 25.7 Å². The van der Waals surface area contributed by atoms with Crippen LogP contribution >= 0.6 is 11.6 Å². The Bertz CT molecular complexity index is 315. The molecule has 0 bridgehead atoms. The molecule has 96 valence electrons. The third-order valence-electron chi connectivity index (χ3n) is 2.69. The fourth-order valence-corrected chi connectivity index (χ4v) is 1.71. The van der Waals surface area contributed by atoms with E-state index < -0.39 is 0 Å². The first-order valence-electron chi connectivity index (χ1n) is 6.11. The Morgan fingerprint density at radius 2 is 2.00 bits per heavy atom. The van der Waals surface area contributed by atoms with E-state index in [0.29, 0.717) is 13.2 Å². The lowest BCUT2D eigenvalue weighted by Gasteiger charge is -2.12. The van der Waals surface area contributed by atoms with E-state index in [0.717, 1.165) is 25.0 Å². The summed E-state index contributed by atoms with van der Waals surface area (Å²) in [7, 11) is 1.68. The van der Waals surface area contributed by atoms with Crippen molar-refractivity contribution >= 4 is 11.6 Å². The van der Waals surface area contributed by atoms with Crippen molar-refractivity contribution in [3.05, 3.63) is 29.8 Å². The first-order chi connectivity index (χ1) is 8.27. The molecular weight excluding hydrogens is 236 g/mol. The molecule has 0 aliphatic rings. The maximum absolute atomic E-state index is 6.13. The minimum absolute atomic E-state index is 0.252. The standard InChI is InChI=1S/C14H21ClO2/c1-3-13(15)9-8-12-6-4-5-7-14(12)17-11-10-16-2/h4-7,13H,3,8-11H2,1-2H3. The Hall–Kier alpha value is -0.730. The van der Waals surface area contributed by atoms with Gasteiger partial charge in [0, 0.05) is 12.5 Å². The summed E-state index contributed by atoms with van der Waals surface area (Å²) in [6, 6.07) is 8.12. The number of para-hydroxylation sites is 1. The number of hydrogen-bond donors (Lipinski definition) is 0. The lowest BCUT2D eigenvalue weighted by molar-refractivity contribution is 0.145. The summed E-state index contributed by atoms with van der Waals surface area (Å²) in [5, 5.41) is 0.252. The molecule has 1 aromatic rings. The topological polar surface area (TPSA) is 18.5 Å². The van der Waals surface area contributed by atoms with Crippen molar-refractivity contribution in [1.29, 1.82) is 0 Å². The predicted molar refractivity (Wildman–Crippen MR) is 72.1 cm³/mol. The van der Waals surface area contributed by atoms with Gasteiger partial charge in [-0.15, -0.1) is 11.6 Å². The van der Waals surface area contributed by atoms with E-state index in [2.05, 4.69) is 13.0 Å². The molecule has 0 fully saturated rings. The third-order valence-corrected chi connectivity index (χ3v) is 3.21. The van der Waals surface area contributed by atoms with Gasteiger partial charge in [0.25, 0.3) is 0 Å². The number of alkyl halides is 1. The Labute approximate surface area is 109 Å². The molecule has 0 radical (unpaired) electrons. The summed E-state index contributed by atoms with van der Waals surface area (Å²) in [6.45, 7) is 3.31. The van der Waals surface area contributed by atoms with Gasteiger partial charge >= 0.3 is 0 Å². The van der Waals surface area contributed by atoms with Gasteiger partial charge in [-0.1, -0.05) is 25.1 Å². The molecule has 17 heavy (non-hydrogen) atoms. The van der Waals surface area contributed by atoms with Gasteiger partial charge in [-0.25, -0.2) is 0 Å². The molecule has 0 aliphatic heterocycles. The SMILES string of the molecule is CCC(Cl)CCc1ccccc1OCCOC. The Morgan fingerprint density at radius 3 is 2.71 bits per heavy atom. The minimum Gasteiger partial charge on any atom is -0.491 e. The number of hydrogen-bond acceptors (Lipinski definition) is 2. The van der Waals surface area contributed by atoms with Gasteiger partial charge in [-0.3, -0.25) is 0 Å². The second-order valence-corrected chi connectivity index (χ2v) is 4.61. The van der Waals surface area contributed by atoms with Crippen molar-refractivity contribution in [2.45, 2.75) is 31.6 Å². The van der Waals surface area contributed by atoms with E-state index in [1.54, 1.807) is 7.11 Å². The largest absolute Gasteiger partial charge is 0.491 e. The van der Waals surface area contributed by atoms with Crippen LogP contribution in [0.2, 0.25) is 0 Å². The second kappa shape index (κ2) is 8.37. The van der Waals surface area contributed by atoms with Crippen LogP contribution < -0.4 is 4.74 Å². The van der Waals surface area contributed by atoms with Gasteiger partial charge in [0.15, 0.2) is 0 Å². The molecule has 0 saturated heterocycles. The van der Waals surface area contributed by atoms with E-state index in [4.69, 9.17) is 21.1 Å². The van der Waals surface area contributed by atoms with Crippen molar-refractivity contribution in [2.24, 2.45) is 0 Å². The summed E-state index contributed by atoms with van der Waals surface area (Å²) in [4.78, 5) is 0. The zero-order chi connectivity index (χ0) is 12.5. The second-order valence-electron chi connectivity index (χ2n) is 3.99. The van der Waals surface area contributed by atoms with Crippen molar-refractivity contribution in [2.75, 3.05) is 20.3 Å². The van der Waals surface area contributed by atoms with Gasteiger partial charge < -0.3 is 9.47 Å². The van der Waals surface area contributed by atoms with Gasteiger partial charge in [-0.2, -0.15) is 0 Å². The molecule has 0 saturated carbocycles. The summed E-state index contributed by atoms with van der Waals surface area (Å²) in [5.41, 5.74) is 1.22. The molecule has 1 rings (SSSR count). The highest BCUT2D eigenvalue weighted by atomic mass is 35.5. The fourth-order valence-electron chi connectivity index (χ4n) is 1.60. The summed E-state index contributed by atoms with van der Waals surface area (Å²) < 4.78 is 10.6. The molecule has 0 aromatic heterocycles. The molecule has 0 amide bonds. The van der Waals surface area contributed by atoms with Crippen LogP contribution in [0, 0.1) is 0 Å². The number of rotatable bonds is 8. The minimum atomic E-state index is 0.252. The average molecular weight is 257 g/mol. The number of benzene rings is 1. The summed E-state index contributed by atoms with van der Waals surface area (Å²) >= 11 is 6.13. The number of ether oxygens (including phenoxy) is 2. The van der Waals surface area contributed by atoms with Crippen LogP contribution in [0.1, 0.15) is 25.3 Å². The van der Waals surface area contributed by atoms with Crippen molar-refractivity contribution < 1.29 is 9.47 Å². The molecule has 3 heteroatoms. The van der Waals surface area contributed by atoms with Crippen LogP contribution in [0.25, 0.3) is 0 Å². The fraction of sp³-hybridized carbons (Fsp3) is 0.571. The van der Waals surface area contributed by atoms with Gasteiger partial charge in [-0.05, 0) is 30.9 Å². The lowest BCUT2D eigenvalue weighted by atomic mass is 10.1. The maximum atomic E-state index is 6.13. The Balaban J connectivity index is 2.51. The molecule has 1 atom stereocenters. The quantitative estimate of drug-likeness (QED) is 0.522. The van der Waals surface area contributed by atoms with Crippen LogP contribution in [0.3, 0.4) is 0 Å². The lowest BCUT2D eigenvalue weighted by Crippen LogP contribution is -2.06. The highest BCUT2D eigenvalue weighted by molar-refractivity contribution is 6.20. The van der Waals surface area contributed by atoms with Crippen molar-refractivity contribution in [1.82, 2.24) is 0 Å². The number of aryl methyl sites for hydroxylation is 1. The normalized spacial score (nSPS) is 12.4. The molecule has 0 aliphatic carbocycles. The molecule has 1 unspecified atom stereocenters. The van der Waals surface area contributed by atoms with Gasteiger partial charge in [0.1, 0.15) is 12.4 Å². The predicted octanol–water partition coefficient (Wildman–Crippen LogP) is 3.66. The van der Waals surface area contributed by atoms with Crippen molar-refractivity contribution in [3.8, 4) is 5.75 Å². The molecule has 1 aromatic carbocycles. The zero-order valence-electron chi connectivity index (χ0n) is 10.6. The smallest absolute Gasteiger partial charge is 0.122 e. The van der Waals surface area contributed by atoms with E-state index in [1.807, 2.05) is 18.2 Å². The zero-order valence-corrected chi connectivity index (χ0v) is 11.4. The first-order valence-corrected chi connectivity index (χ1v) is 6.55. The summed E-state index contributed by atoms with van der Waals surface area (Å²) in [6.07, 6.45) is 2.96. The van der Waals surface area contributed by atoms with Crippen molar-refractivity contribution in [3.63, 3.8) is 0 Å². The van der Waals surface area contributed by atoms with Crippen LogP contribution in [-0.2, 0) is 11.2 Å². The average Bonchev–Trinajstić information content (AvgIpc) is 2.37. The maximum Gasteiger partial charge on any atom is 0.122 e. The van der Waals surface area contributed by atoms with Gasteiger partial charge in [0.2, 0.25) is 0 Å². The van der Waals surface area contributed by atoms with Crippen LogP contribution in [0.4, 0.5) is 0 Å². The highest BCUT2D eigenvalue weighted by Crippen LogP contribution is 2.21. The van der Waals surface area contributed by atoms with E-state index >= 15 is 0 Å². The molecule has 0 N–H and O–H groups in total. The first kappa shape index (κ1) is 14.3. The highest BCUT2D eigenvalue weighted by Gasteiger charge is 2.06. The number of methoxy groups -OCH3 is 1. The molecule has 2 nitrogen and oxygen atoms in total. The van der Waals surface area contributed by atoms with E-state index in [-0.39, 0.29) is 5.38 Å². The Morgan fingerprint density at radius 1 is 1.24 bits per heavy atom. The molecule has 0 heterocycles. The van der Waals surface area contributed by atoms with Crippen LogP contribution in [0.15, 0.2) is 24.3 Å². The monoisotopic (exact) mass is 256 g/mol. The summed E-state index contributed by atoms with van der Waals surface area (Å²) in [5.74, 6) is 0.949. The molecule has 0 spiro atoms. The third kappa shape index (κ3) is 5.42. The van der Waals surface area contributed by atoms with Gasteiger partial charge in [0.05, 0.1) is 6.61 Å². The molecular formula is C14H21ClO2. The van der Waals surface area contributed by atoms with E-state index in [1.165, 1.54) is 5.56 Å².